The van der Waals surface area contributed by atoms with Crippen LogP contribution < -0.4 is 5.73 Å². The van der Waals surface area contributed by atoms with Crippen LogP contribution in [0.1, 0.15) is 20.1 Å². The first kappa shape index (κ1) is 21.7. The Morgan fingerprint density at radius 1 is 1.43 bits per heavy atom. The van der Waals surface area contributed by atoms with Crippen molar-refractivity contribution < 1.29 is 31.9 Å². The third-order valence-corrected chi connectivity index (χ3v) is 6.11. The van der Waals surface area contributed by atoms with Crippen LogP contribution in [0.5, 0.6) is 0 Å². The molecule has 4 heterocycles. The van der Waals surface area contributed by atoms with E-state index in [9.17, 15) is 8.42 Å². The molecule has 0 amide bonds. The molecule has 0 spiro atoms. The number of aliphatic hydroxyl groups is 1. The van der Waals surface area contributed by atoms with Crippen molar-refractivity contribution in [3.05, 3.63) is 6.33 Å². The zero-order valence-corrected chi connectivity index (χ0v) is 18.2. The molecule has 0 aromatic carbocycles. The summed E-state index contributed by atoms with van der Waals surface area (Å²) in [6.45, 7) is 3.64. The van der Waals surface area contributed by atoms with Crippen molar-refractivity contribution in [1.82, 2.24) is 19.5 Å². The Bertz CT molecular complexity index is 1040. The Hall–Kier alpha value is -1.55. The summed E-state index contributed by atoms with van der Waals surface area (Å²) in [6, 6.07) is 0. The molecular formula is C16H23N5O7S2. The lowest BCUT2D eigenvalue weighted by molar-refractivity contribution is -0.299. The van der Waals surface area contributed by atoms with Crippen LogP contribution in [-0.4, -0.2) is 82.4 Å². The monoisotopic (exact) mass is 461 g/mol. The summed E-state index contributed by atoms with van der Waals surface area (Å²) in [5.41, 5.74) is 6.67. The van der Waals surface area contributed by atoms with Crippen LogP contribution in [-0.2, 0) is 28.5 Å². The van der Waals surface area contributed by atoms with Crippen molar-refractivity contribution in [3.63, 3.8) is 0 Å². The van der Waals surface area contributed by atoms with Crippen molar-refractivity contribution >= 4 is 39.0 Å². The number of nitrogens with two attached hydrogens (primary N) is 1. The SMILES string of the molecule is CC1(C)OCC2OC(n3cnc4c(SCCO)nc(N)nc43)C(OS(C)(=O)=O)C2O1. The van der Waals surface area contributed by atoms with Crippen molar-refractivity contribution in [2.75, 3.05) is 31.0 Å². The number of aromatic nitrogens is 4. The van der Waals surface area contributed by atoms with Gasteiger partial charge in [-0.05, 0) is 13.8 Å². The van der Waals surface area contributed by atoms with E-state index in [1.54, 1.807) is 18.4 Å². The van der Waals surface area contributed by atoms with E-state index < -0.39 is 40.4 Å². The Morgan fingerprint density at radius 3 is 2.90 bits per heavy atom. The van der Waals surface area contributed by atoms with Gasteiger partial charge in [0.1, 0.15) is 22.8 Å². The van der Waals surface area contributed by atoms with Gasteiger partial charge in [0.15, 0.2) is 23.8 Å². The molecule has 4 atom stereocenters. The third kappa shape index (κ3) is 4.26. The molecule has 30 heavy (non-hydrogen) atoms. The number of nitrogen functional groups attached to an aromatic ring is 1. The van der Waals surface area contributed by atoms with Crippen LogP contribution in [0.4, 0.5) is 5.95 Å². The zero-order valence-electron chi connectivity index (χ0n) is 16.6. The molecule has 4 unspecified atom stereocenters. The normalized spacial score (nSPS) is 28.7. The second-order valence-corrected chi connectivity index (χ2v) is 10.1. The van der Waals surface area contributed by atoms with Gasteiger partial charge in [-0.1, -0.05) is 0 Å². The quantitative estimate of drug-likeness (QED) is 0.334. The maximum atomic E-state index is 12.0. The smallest absolute Gasteiger partial charge is 0.264 e. The standard InChI is InChI=1S/C16H23N5O7S2/c1-16(2)25-6-8-10(27-16)11(28-30(3,23)24)14(26-8)21-7-18-9-12(21)19-15(17)20-13(9)29-5-4-22/h7-8,10-11,14,22H,4-6H2,1-3H3,(H2,17,19,20). The molecule has 2 saturated heterocycles. The molecule has 12 nitrogen and oxygen atoms in total. The van der Waals surface area contributed by atoms with Crippen molar-refractivity contribution in [2.45, 2.75) is 49.2 Å². The molecule has 0 saturated carbocycles. The number of nitrogens with zero attached hydrogens (tertiary/aromatic N) is 4. The molecule has 3 N–H and O–H groups in total. The predicted molar refractivity (Wildman–Crippen MR) is 106 cm³/mol. The second kappa shape index (κ2) is 7.85. The van der Waals surface area contributed by atoms with Crippen LogP contribution in [0.15, 0.2) is 11.4 Å². The average molecular weight is 462 g/mol. The maximum absolute atomic E-state index is 12.0. The number of hydrogen-bond acceptors (Lipinski definition) is 12. The molecule has 2 aromatic heterocycles. The number of anilines is 1. The minimum atomic E-state index is -3.82. The van der Waals surface area contributed by atoms with Crippen LogP contribution in [0, 0.1) is 0 Å². The van der Waals surface area contributed by atoms with E-state index in [2.05, 4.69) is 15.0 Å². The lowest BCUT2D eigenvalue weighted by Gasteiger charge is -2.38. The first-order chi connectivity index (χ1) is 14.1. The fraction of sp³-hybridized carbons (Fsp3) is 0.688. The van der Waals surface area contributed by atoms with E-state index in [1.165, 1.54) is 18.1 Å². The highest BCUT2D eigenvalue weighted by molar-refractivity contribution is 7.99. The van der Waals surface area contributed by atoms with Gasteiger partial charge in [-0.3, -0.25) is 8.75 Å². The molecule has 0 bridgehead atoms. The highest BCUT2D eigenvalue weighted by Crippen LogP contribution is 2.41. The number of thioether (sulfide) groups is 1. The molecule has 2 aliphatic rings. The van der Waals surface area contributed by atoms with Gasteiger partial charge >= 0.3 is 0 Å². The Kier molecular flexibility index (Phi) is 5.67. The van der Waals surface area contributed by atoms with E-state index in [0.29, 0.717) is 21.9 Å². The number of rotatable bonds is 6. The summed E-state index contributed by atoms with van der Waals surface area (Å²) in [7, 11) is -3.82. The average Bonchev–Trinajstić information content (AvgIpc) is 3.19. The van der Waals surface area contributed by atoms with Crippen molar-refractivity contribution in [3.8, 4) is 0 Å². The number of hydrogen-bond donors (Lipinski definition) is 2. The highest BCUT2D eigenvalue weighted by atomic mass is 32.2. The fourth-order valence-electron chi connectivity index (χ4n) is 3.49. The van der Waals surface area contributed by atoms with E-state index in [4.69, 9.17) is 29.2 Å². The summed E-state index contributed by atoms with van der Waals surface area (Å²) in [6.07, 6.45) is -0.688. The van der Waals surface area contributed by atoms with Gasteiger partial charge < -0.3 is 25.1 Å². The number of aliphatic hydroxyl groups excluding tert-OH is 1. The summed E-state index contributed by atoms with van der Waals surface area (Å²) >= 11 is 1.28. The Balaban J connectivity index is 1.76. The number of fused-ring (bicyclic) bond motifs is 2. The van der Waals surface area contributed by atoms with E-state index in [1.807, 2.05) is 0 Å². The van der Waals surface area contributed by atoms with Gasteiger partial charge in [-0.2, -0.15) is 13.4 Å². The predicted octanol–water partition coefficient (Wildman–Crippen LogP) is -0.113. The minimum Gasteiger partial charge on any atom is -0.396 e. The lowest BCUT2D eigenvalue weighted by atomic mass is 10.1. The van der Waals surface area contributed by atoms with Crippen LogP contribution in [0.3, 0.4) is 0 Å². The first-order valence-corrected chi connectivity index (χ1v) is 12.0. The Morgan fingerprint density at radius 2 is 2.20 bits per heavy atom. The molecule has 166 valence electrons. The molecule has 2 aliphatic heterocycles. The molecule has 2 fully saturated rings. The fourth-order valence-corrected chi connectivity index (χ4v) is 4.82. The molecule has 4 rings (SSSR count). The molecular weight excluding hydrogens is 438 g/mol. The van der Waals surface area contributed by atoms with E-state index in [0.717, 1.165) is 6.26 Å². The molecule has 2 aromatic rings. The topological polar surface area (TPSA) is 161 Å². The van der Waals surface area contributed by atoms with Gasteiger partial charge in [0.25, 0.3) is 10.1 Å². The summed E-state index contributed by atoms with van der Waals surface area (Å²) < 4.78 is 48.5. The lowest BCUT2D eigenvalue weighted by Crippen LogP contribution is -2.50. The largest absolute Gasteiger partial charge is 0.396 e. The van der Waals surface area contributed by atoms with Crippen LogP contribution in [0.25, 0.3) is 11.2 Å². The molecule has 0 radical (unpaired) electrons. The first-order valence-electron chi connectivity index (χ1n) is 9.17. The zero-order chi connectivity index (χ0) is 21.7. The van der Waals surface area contributed by atoms with Gasteiger partial charge in [0.05, 0.1) is 25.8 Å². The number of ether oxygens (including phenoxy) is 3. The summed E-state index contributed by atoms with van der Waals surface area (Å²) in [5, 5.41) is 9.61. The van der Waals surface area contributed by atoms with E-state index >= 15 is 0 Å². The van der Waals surface area contributed by atoms with Crippen molar-refractivity contribution in [2.24, 2.45) is 0 Å². The summed E-state index contributed by atoms with van der Waals surface area (Å²) in [5.74, 6) is -0.500. The van der Waals surface area contributed by atoms with Gasteiger partial charge in [0, 0.05) is 5.75 Å². The maximum Gasteiger partial charge on any atom is 0.264 e. The van der Waals surface area contributed by atoms with Gasteiger partial charge in [0.2, 0.25) is 5.95 Å². The van der Waals surface area contributed by atoms with Gasteiger partial charge in [-0.25, -0.2) is 9.97 Å². The van der Waals surface area contributed by atoms with Gasteiger partial charge in [-0.15, -0.1) is 11.8 Å². The van der Waals surface area contributed by atoms with Crippen LogP contribution >= 0.6 is 11.8 Å². The van der Waals surface area contributed by atoms with Crippen molar-refractivity contribution in [1.29, 1.82) is 0 Å². The summed E-state index contributed by atoms with van der Waals surface area (Å²) in [4.78, 5) is 12.8. The minimum absolute atomic E-state index is 0.0152. The third-order valence-electron chi connectivity index (χ3n) is 4.60. The van der Waals surface area contributed by atoms with Crippen LogP contribution in [0.2, 0.25) is 0 Å². The molecule has 0 aliphatic carbocycles. The van der Waals surface area contributed by atoms with E-state index in [-0.39, 0.29) is 19.2 Å². The number of imidazole rings is 1. The second-order valence-electron chi connectivity index (χ2n) is 7.41. The molecule has 14 heteroatoms. The Labute approximate surface area is 177 Å². The highest BCUT2D eigenvalue weighted by Gasteiger charge is 2.54.